The van der Waals surface area contributed by atoms with Crippen LogP contribution in [0.1, 0.15) is 27.1 Å². The smallest absolute Gasteiger partial charge is 0.341 e. The maximum absolute atomic E-state index is 13.7. The molecule has 1 aromatic carbocycles. The van der Waals surface area contributed by atoms with Gasteiger partial charge in [0.25, 0.3) is 0 Å². The predicted octanol–water partition coefficient (Wildman–Crippen LogP) is 1.15. The molecule has 0 aliphatic carbocycles. The van der Waals surface area contributed by atoms with Crippen LogP contribution in [-0.2, 0) is 4.74 Å². The summed E-state index contributed by atoms with van der Waals surface area (Å²) in [5.41, 5.74) is 5.20. The summed E-state index contributed by atoms with van der Waals surface area (Å²) in [6.45, 7) is 0.153. The van der Waals surface area contributed by atoms with Crippen LogP contribution >= 0.6 is 0 Å². The van der Waals surface area contributed by atoms with Crippen LogP contribution in [-0.4, -0.2) is 32.5 Å². The number of ketones is 1. The number of carbonyl (C=O) groups excluding carboxylic acids is 2. The van der Waals surface area contributed by atoms with Gasteiger partial charge in [0.2, 0.25) is 0 Å². The Morgan fingerprint density at radius 2 is 2.00 bits per heavy atom. The Morgan fingerprint density at radius 1 is 1.33 bits per heavy atom. The van der Waals surface area contributed by atoms with Gasteiger partial charge in [-0.05, 0) is 18.7 Å². The topological polar surface area (TPSA) is 78.6 Å². The summed E-state index contributed by atoms with van der Waals surface area (Å²) in [5.74, 6) is -2.15. The van der Waals surface area contributed by atoms with Gasteiger partial charge in [-0.1, -0.05) is 0 Å². The predicted molar refractivity (Wildman–Crippen MR) is 62.3 cm³/mol. The molecule has 0 heterocycles. The first-order chi connectivity index (χ1) is 8.54. The van der Waals surface area contributed by atoms with E-state index in [9.17, 15) is 14.0 Å². The Labute approximate surface area is 104 Å². The van der Waals surface area contributed by atoms with Crippen molar-refractivity contribution >= 4 is 11.8 Å². The van der Waals surface area contributed by atoms with Crippen molar-refractivity contribution in [2.75, 3.05) is 20.8 Å². The van der Waals surface area contributed by atoms with Crippen LogP contribution in [0, 0.1) is 5.82 Å². The highest BCUT2D eigenvalue weighted by atomic mass is 19.1. The standard InChI is InChI=1S/C12H14FNO4/c1-17-11-8(12(16)18-2)5-7(6-9(11)13)10(15)3-4-14/h5-6H,3-4,14H2,1-2H3. The number of rotatable bonds is 5. The lowest BCUT2D eigenvalue weighted by atomic mass is 10.0. The highest BCUT2D eigenvalue weighted by Crippen LogP contribution is 2.25. The van der Waals surface area contributed by atoms with E-state index in [1.807, 2.05) is 0 Å². The minimum absolute atomic E-state index is 0.0687. The van der Waals surface area contributed by atoms with Crippen LogP contribution in [0.3, 0.4) is 0 Å². The number of benzene rings is 1. The van der Waals surface area contributed by atoms with Crippen molar-refractivity contribution in [3.63, 3.8) is 0 Å². The van der Waals surface area contributed by atoms with E-state index in [0.29, 0.717) is 0 Å². The molecule has 0 aromatic heterocycles. The van der Waals surface area contributed by atoms with Gasteiger partial charge in [-0.25, -0.2) is 9.18 Å². The number of hydrogen-bond donors (Lipinski definition) is 1. The molecule has 0 aliphatic heterocycles. The summed E-state index contributed by atoms with van der Waals surface area (Å²) in [6.07, 6.45) is 0.0758. The van der Waals surface area contributed by atoms with E-state index in [2.05, 4.69) is 4.74 Å². The largest absolute Gasteiger partial charge is 0.493 e. The molecule has 0 fully saturated rings. The van der Waals surface area contributed by atoms with E-state index in [1.54, 1.807) is 0 Å². The van der Waals surface area contributed by atoms with Gasteiger partial charge in [-0.2, -0.15) is 0 Å². The van der Waals surface area contributed by atoms with Crippen LogP contribution in [0.5, 0.6) is 5.75 Å². The molecule has 0 spiro atoms. The second-order valence-electron chi connectivity index (χ2n) is 3.49. The summed E-state index contributed by atoms with van der Waals surface area (Å²) in [7, 11) is 2.39. The van der Waals surface area contributed by atoms with E-state index in [4.69, 9.17) is 10.5 Å². The van der Waals surface area contributed by atoms with Gasteiger partial charge in [0.15, 0.2) is 17.3 Å². The number of carbonyl (C=O) groups is 2. The lowest BCUT2D eigenvalue weighted by molar-refractivity contribution is 0.0596. The van der Waals surface area contributed by atoms with Crippen LogP contribution in [0.15, 0.2) is 12.1 Å². The zero-order valence-corrected chi connectivity index (χ0v) is 10.2. The molecule has 0 amide bonds. The number of nitrogens with two attached hydrogens (primary N) is 1. The highest BCUT2D eigenvalue weighted by molar-refractivity contribution is 6.00. The quantitative estimate of drug-likeness (QED) is 0.630. The molecule has 6 heteroatoms. The van der Waals surface area contributed by atoms with Crippen molar-refractivity contribution in [3.8, 4) is 5.75 Å². The van der Waals surface area contributed by atoms with Crippen molar-refractivity contribution in [1.82, 2.24) is 0 Å². The Morgan fingerprint density at radius 3 is 2.50 bits per heavy atom. The number of hydrogen-bond acceptors (Lipinski definition) is 5. The van der Waals surface area contributed by atoms with Gasteiger partial charge in [-0.15, -0.1) is 0 Å². The average molecular weight is 255 g/mol. The second-order valence-corrected chi connectivity index (χ2v) is 3.49. The molecule has 0 saturated carbocycles. The summed E-state index contributed by atoms with van der Waals surface area (Å²) in [4.78, 5) is 23.1. The van der Waals surface area contributed by atoms with E-state index >= 15 is 0 Å². The zero-order chi connectivity index (χ0) is 13.7. The third-order valence-electron chi connectivity index (χ3n) is 2.35. The molecule has 0 bridgehead atoms. The van der Waals surface area contributed by atoms with Gasteiger partial charge in [-0.3, -0.25) is 4.79 Å². The minimum atomic E-state index is -0.791. The number of halogens is 1. The second kappa shape index (κ2) is 6.11. The molecule has 1 rings (SSSR count). The molecule has 0 aliphatic rings. The molecular weight excluding hydrogens is 241 g/mol. The maximum Gasteiger partial charge on any atom is 0.341 e. The first kappa shape index (κ1) is 14.1. The first-order valence-corrected chi connectivity index (χ1v) is 5.24. The molecule has 0 atom stereocenters. The Kier molecular flexibility index (Phi) is 4.79. The molecule has 1 aromatic rings. The Balaban J connectivity index is 3.30. The van der Waals surface area contributed by atoms with Crippen molar-refractivity contribution in [3.05, 3.63) is 29.1 Å². The molecule has 0 saturated heterocycles. The lowest BCUT2D eigenvalue weighted by Crippen LogP contribution is -2.12. The number of ether oxygens (including phenoxy) is 2. The third-order valence-corrected chi connectivity index (χ3v) is 2.35. The van der Waals surface area contributed by atoms with Gasteiger partial charge in [0.05, 0.1) is 14.2 Å². The SMILES string of the molecule is COC(=O)c1cc(C(=O)CCN)cc(F)c1OC. The zero-order valence-electron chi connectivity index (χ0n) is 10.2. The Bertz CT molecular complexity index is 473. The Hall–Kier alpha value is -1.95. The van der Waals surface area contributed by atoms with Gasteiger partial charge in [0, 0.05) is 12.0 Å². The summed E-state index contributed by atoms with van der Waals surface area (Å²) < 4.78 is 23.0. The number of Topliss-reactive ketones (excluding diaryl/α,β-unsaturated/α-hetero) is 1. The van der Waals surface area contributed by atoms with Crippen molar-refractivity contribution in [2.45, 2.75) is 6.42 Å². The van der Waals surface area contributed by atoms with E-state index < -0.39 is 11.8 Å². The van der Waals surface area contributed by atoms with Crippen LogP contribution in [0.2, 0.25) is 0 Å². The van der Waals surface area contributed by atoms with E-state index in [-0.39, 0.29) is 35.6 Å². The summed E-state index contributed by atoms with van der Waals surface area (Å²) in [6, 6.07) is 2.26. The average Bonchev–Trinajstić information content (AvgIpc) is 2.37. The van der Waals surface area contributed by atoms with E-state index in [1.165, 1.54) is 13.2 Å². The van der Waals surface area contributed by atoms with Gasteiger partial charge in [0.1, 0.15) is 5.56 Å². The third kappa shape index (κ3) is 2.84. The highest BCUT2D eigenvalue weighted by Gasteiger charge is 2.20. The fourth-order valence-corrected chi connectivity index (χ4v) is 1.50. The molecule has 18 heavy (non-hydrogen) atoms. The van der Waals surface area contributed by atoms with Crippen LogP contribution in [0.25, 0.3) is 0 Å². The molecular formula is C12H14FNO4. The normalized spacial score (nSPS) is 10.0. The number of esters is 1. The summed E-state index contributed by atoms with van der Waals surface area (Å²) >= 11 is 0. The molecule has 2 N–H and O–H groups in total. The van der Waals surface area contributed by atoms with Gasteiger partial charge >= 0.3 is 5.97 Å². The lowest BCUT2D eigenvalue weighted by Gasteiger charge is -2.10. The first-order valence-electron chi connectivity index (χ1n) is 5.24. The van der Waals surface area contributed by atoms with Crippen molar-refractivity contribution in [2.24, 2.45) is 5.73 Å². The van der Waals surface area contributed by atoms with Crippen LogP contribution in [0.4, 0.5) is 4.39 Å². The number of methoxy groups -OCH3 is 2. The molecule has 5 nitrogen and oxygen atoms in total. The van der Waals surface area contributed by atoms with Crippen molar-refractivity contribution < 1.29 is 23.5 Å². The maximum atomic E-state index is 13.7. The molecule has 0 unspecified atom stereocenters. The van der Waals surface area contributed by atoms with Gasteiger partial charge < -0.3 is 15.2 Å². The van der Waals surface area contributed by atoms with Crippen molar-refractivity contribution in [1.29, 1.82) is 0 Å². The fraction of sp³-hybridized carbons (Fsp3) is 0.333. The molecule has 98 valence electrons. The molecule has 0 radical (unpaired) electrons. The van der Waals surface area contributed by atoms with E-state index in [0.717, 1.165) is 13.2 Å². The summed E-state index contributed by atoms with van der Waals surface area (Å²) in [5, 5.41) is 0. The monoisotopic (exact) mass is 255 g/mol. The fourth-order valence-electron chi connectivity index (χ4n) is 1.50. The van der Waals surface area contributed by atoms with Crippen LogP contribution < -0.4 is 10.5 Å². The minimum Gasteiger partial charge on any atom is -0.493 e.